The molecule has 12 aromatic rings. The van der Waals surface area contributed by atoms with Crippen molar-refractivity contribution in [2.45, 2.75) is 77.0 Å². The van der Waals surface area contributed by atoms with Gasteiger partial charge in [0.25, 0.3) is 0 Å². The molecule has 0 radical (unpaired) electrons. The van der Waals surface area contributed by atoms with Crippen LogP contribution in [-0.2, 0) is 59.0 Å². The van der Waals surface area contributed by atoms with Crippen LogP contribution in [0.1, 0.15) is 77.0 Å². The van der Waals surface area contributed by atoms with E-state index in [1.807, 2.05) is 37.8 Å². The molecule has 6 aliphatic heterocycles. The fraction of sp³-hybridized carbons (Fsp3) is 0.457. The first-order chi connectivity index (χ1) is 64.8. The highest BCUT2D eigenvalue weighted by molar-refractivity contribution is 7.92. The van der Waals surface area contributed by atoms with Crippen molar-refractivity contribution < 1.29 is 76.8 Å². The van der Waals surface area contributed by atoms with Crippen molar-refractivity contribution in [3.05, 3.63) is 192 Å². The first-order valence-corrected chi connectivity index (χ1v) is 57.1. The van der Waals surface area contributed by atoms with Gasteiger partial charge in [-0.2, -0.15) is 0 Å². The van der Waals surface area contributed by atoms with Crippen molar-refractivity contribution in [2.24, 2.45) is 35.5 Å². The minimum Gasteiger partial charge on any atom is -0.356 e. The van der Waals surface area contributed by atoms with Crippen LogP contribution in [0, 0.1) is 83.6 Å². The maximum atomic E-state index is 14.0. The molecule has 6 unspecified atom stereocenters. The molecule has 6 saturated heterocycles. The fourth-order valence-corrected chi connectivity index (χ4v) is 25.7. The van der Waals surface area contributed by atoms with Crippen LogP contribution in [-0.4, -0.2) is 261 Å². The van der Waals surface area contributed by atoms with Crippen LogP contribution in [0.4, 0.5) is 72.6 Å². The summed E-state index contributed by atoms with van der Waals surface area (Å²) in [4.78, 5) is 69.1. The zero-order valence-corrected chi connectivity index (χ0v) is 81.9. The second-order valence-electron chi connectivity index (χ2n) is 36.1. The summed E-state index contributed by atoms with van der Waals surface area (Å²) in [6.45, 7) is 22.4. The first kappa shape index (κ1) is 103. The Kier molecular flexibility index (Phi) is 33.6. The van der Waals surface area contributed by atoms with Crippen LogP contribution in [0.5, 0.6) is 0 Å². The lowest BCUT2D eigenvalue weighted by Gasteiger charge is -2.33. The zero-order valence-electron chi connectivity index (χ0n) is 76.2. The van der Waals surface area contributed by atoms with E-state index in [0.717, 1.165) is 150 Å². The summed E-state index contributed by atoms with van der Waals surface area (Å²) >= 11 is 6.09. The van der Waals surface area contributed by atoms with Gasteiger partial charge in [0.05, 0.1) is 80.8 Å². The molecule has 6 fully saturated rings. The van der Waals surface area contributed by atoms with Gasteiger partial charge in [-0.3, -0.25) is 0 Å². The average molecular weight is 2020 g/mol. The third-order valence-electron chi connectivity index (χ3n) is 24.1. The lowest BCUT2D eigenvalue weighted by molar-refractivity contribution is 0.443. The van der Waals surface area contributed by atoms with Gasteiger partial charge >= 0.3 is 0 Å². The number of halogens is 7. The molecule has 137 heavy (non-hydrogen) atoms. The summed E-state index contributed by atoms with van der Waals surface area (Å²) in [5.41, 5.74) is 3.25. The van der Waals surface area contributed by atoms with E-state index < -0.39 is 82.3 Å². The second-order valence-corrected chi connectivity index (χ2v) is 49.6. The number of aromatic nitrogens is 12. The number of hydrogen-bond acceptors (Lipinski definition) is 30. The molecule has 0 amide bonds. The van der Waals surface area contributed by atoms with Crippen molar-refractivity contribution in [2.75, 3.05) is 180 Å². The molecule has 730 valence electrons. The van der Waals surface area contributed by atoms with Gasteiger partial charge in [0.15, 0.2) is 11.6 Å². The van der Waals surface area contributed by atoms with Crippen molar-refractivity contribution >= 4 is 182 Å². The van der Waals surface area contributed by atoms with E-state index in [1.54, 1.807) is 18.5 Å². The topological polar surface area (TPSA) is 388 Å². The summed E-state index contributed by atoms with van der Waals surface area (Å²) < 4.78 is 220. The molecular formula is C92H105ClF6N20O12S6. The van der Waals surface area contributed by atoms with Crippen molar-refractivity contribution in [1.29, 1.82) is 0 Å². The van der Waals surface area contributed by atoms with Crippen LogP contribution in [0.2, 0.25) is 5.02 Å². The number of sulfone groups is 6. The third-order valence-corrected chi connectivity index (χ3v) is 30.8. The number of anilines is 6. The largest absolute Gasteiger partial charge is 0.356 e. The maximum absolute atomic E-state index is 14.0. The number of benzene rings is 6. The Balaban J connectivity index is 0.000000139. The summed E-state index contributed by atoms with van der Waals surface area (Å²) in [6, 6.07) is 22.0. The summed E-state index contributed by atoms with van der Waals surface area (Å²) in [5.74, 6) is 1.70. The van der Waals surface area contributed by atoms with Gasteiger partial charge in [-0.05, 0) is 191 Å². The minimum atomic E-state index is -3.05. The van der Waals surface area contributed by atoms with Gasteiger partial charge in [-0.25, -0.2) is 146 Å². The summed E-state index contributed by atoms with van der Waals surface area (Å²) in [6.07, 6.45) is 26.7. The SMILES string of the molecule is CS(=O)(=O)CC1CCCN(c2ncnc3cc(F)c(F)cc23)C1.CS(=O)(=O)CC1CCCN(c2ncnc3cc(F)ccc23)C1.CS(=O)(=O)CC1CCCN(c2ncnc3ccc(Cl)cc23)C1.CS(=O)(=O)CC1CCCN(c2ncnc3ccc(F)cc23)C1.[C-]#[N+]c1cc2c(N3CCCC(CS(C)(=O)=O)C3)ncnc2cc1F.[C-]#[N+]c1cc2ncnc(N3CCCC(CS(C)(=O)=O)C3)c2cc1F. The van der Waals surface area contributed by atoms with Crippen molar-refractivity contribution in [3.8, 4) is 0 Å². The van der Waals surface area contributed by atoms with Crippen molar-refractivity contribution in [3.63, 3.8) is 0 Å². The highest BCUT2D eigenvalue weighted by Gasteiger charge is 2.33. The number of rotatable bonds is 18. The van der Waals surface area contributed by atoms with E-state index in [0.29, 0.717) is 123 Å². The monoisotopic (exact) mass is 2020 g/mol. The van der Waals surface area contributed by atoms with Gasteiger partial charge in [-0.1, -0.05) is 11.6 Å². The zero-order chi connectivity index (χ0) is 98.5. The van der Waals surface area contributed by atoms with Crippen LogP contribution in [0.3, 0.4) is 0 Å². The lowest BCUT2D eigenvalue weighted by Crippen LogP contribution is -2.38. The highest BCUT2D eigenvalue weighted by Crippen LogP contribution is 2.39. The number of piperidine rings is 6. The van der Waals surface area contributed by atoms with Crippen LogP contribution >= 0.6 is 11.6 Å². The Bertz CT molecular complexity index is 7150. The highest BCUT2D eigenvalue weighted by atomic mass is 35.5. The molecule has 18 rings (SSSR count). The molecule has 6 atom stereocenters. The van der Waals surface area contributed by atoms with E-state index in [-0.39, 0.29) is 93.0 Å². The van der Waals surface area contributed by atoms with E-state index in [2.05, 4.69) is 79.3 Å². The summed E-state index contributed by atoms with van der Waals surface area (Å²) in [7, 11) is -18.1. The molecule has 0 bridgehead atoms. The Hall–Kier alpha value is -11.3. The third kappa shape index (κ3) is 29.2. The number of hydrogen-bond donors (Lipinski definition) is 0. The molecule has 6 aliphatic rings. The van der Waals surface area contributed by atoms with Gasteiger partial charge < -0.3 is 29.4 Å². The minimum absolute atomic E-state index is 0.00839. The molecule has 0 saturated carbocycles. The van der Waals surface area contributed by atoms with E-state index in [4.69, 9.17) is 24.7 Å². The quantitative estimate of drug-likeness (QED) is 0.0568. The number of fused-ring (bicyclic) bond motifs is 6. The molecule has 6 aromatic heterocycles. The Morgan fingerprint density at radius 2 is 0.526 bits per heavy atom. The molecule has 0 aliphatic carbocycles. The van der Waals surface area contributed by atoms with Gasteiger partial charge in [0.2, 0.25) is 11.4 Å². The van der Waals surface area contributed by atoms with Crippen LogP contribution < -0.4 is 29.4 Å². The second kappa shape index (κ2) is 44.7. The van der Waals surface area contributed by atoms with Gasteiger partial charge in [0.1, 0.15) is 155 Å². The molecule has 12 heterocycles. The fourth-order valence-electron chi connectivity index (χ4n) is 18.8. The maximum Gasteiger partial charge on any atom is 0.224 e. The van der Waals surface area contributed by atoms with Gasteiger partial charge in [-0.15, -0.1) is 0 Å². The van der Waals surface area contributed by atoms with Crippen molar-refractivity contribution in [1.82, 2.24) is 59.8 Å². The predicted octanol–water partition coefficient (Wildman–Crippen LogP) is 13.9. The predicted molar refractivity (Wildman–Crippen MR) is 522 cm³/mol. The molecule has 32 nitrogen and oxygen atoms in total. The molecule has 0 spiro atoms. The average Bonchev–Trinajstić information content (AvgIpc) is 0.805. The normalized spacial score (nSPS) is 19.1. The Labute approximate surface area is 797 Å². The molecule has 0 N–H and O–H groups in total. The first-order valence-electron chi connectivity index (χ1n) is 44.3. The lowest BCUT2D eigenvalue weighted by atomic mass is 9.99. The Morgan fingerprint density at radius 3 is 0.861 bits per heavy atom. The van der Waals surface area contributed by atoms with E-state index >= 15 is 0 Å². The molecular weight excluding hydrogens is 1920 g/mol. The van der Waals surface area contributed by atoms with E-state index in [1.165, 1.54) is 118 Å². The van der Waals surface area contributed by atoms with Crippen LogP contribution in [0.25, 0.3) is 75.1 Å². The van der Waals surface area contributed by atoms with E-state index in [9.17, 15) is 76.8 Å². The Morgan fingerprint density at radius 1 is 0.285 bits per heavy atom. The number of nitrogens with zero attached hydrogens (tertiary/aromatic N) is 20. The standard InChI is InChI=1S/2C16H17FN4O2S.C15H18ClN3O2S.C15H17F2N3O2S.2C15H18FN3O2S/c1-18-15-6-12-14(7-13(15)17)19-10-20-16(12)21-5-3-4-11(8-21)9-24(2,22)23;1-18-15-7-14-12(6-13(15)17)16(20-10-19-14)21-5-3-4-11(8-21)9-24(2,22)23;1-22(20,21)9-11-3-2-6-19(8-11)15-13-7-12(16)4-5-14(13)17-10-18-15;1-23(21,22)8-10-3-2-4-20(7-10)15-11-5-12(16)13(17)6-14(11)18-9-19-15;1-22(20,21)9-11-3-2-6-19(8-11)15-13-7-12(16)4-5-14(13)17-10-18-15;1-22(20,21)9-11-3-2-6-19(8-11)15-13-5-4-12(16)7-14(13)17-10-18-15/h2*6-7,10-11H,3-5,8-9H2,2H3;4-5,7,10-11H,2-3,6,8-9H2,1H3;5-6,9-10H,2-4,7-8H2,1H3;2*4-5,7,10-11H,2-3,6,8-9H2,1H3. The van der Waals surface area contributed by atoms with Crippen LogP contribution in [0.15, 0.2) is 129 Å². The van der Waals surface area contributed by atoms with Gasteiger partial charge in [0, 0.05) is 166 Å². The molecule has 45 heteroatoms. The smallest absolute Gasteiger partial charge is 0.224 e. The summed E-state index contributed by atoms with van der Waals surface area (Å²) in [5, 5.41) is 4.62. The molecule has 6 aromatic carbocycles.